The summed E-state index contributed by atoms with van der Waals surface area (Å²) >= 11 is 0. The largest absolute Gasteiger partial charge is 0.497 e. The molecule has 2 aliphatic rings. The number of ether oxygens (including phenoxy) is 1. The molecule has 1 aromatic rings. The Morgan fingerprint density at radius 3 is 2.68 bits per heavy atom. The van der Waals surface area contributed by atoms with Crippen LogP contribution >= 0.6 is 0 Å². The topological polar surface area (TPSA) is 49.8 Å². The van der Waals surface area contributed by atoms with E-state index in [1.165, 1.54) is 18.4 Å². The van der Waals surface area contributed by atoms with E-state index in [9.17, 15) is 9.90 Å². The highest BCUT2D eigenvalue weighted by atomic mass is 16.5. The molecule has 1 saturated carbocycles. The van der Waals surface area contributed by atoms with Crippen LogP contribution in [0.5, 0.6) is 5.75 Å². The quantitative estimate of drug-likeness (QED) is 0.877. The average molecular weight is 303 g/mol. The molecule has 1 N–H and O–H groups in total. The predicted octanol–water partition coefficient (Wildman–Crippen LogP) is 3.16. The monoisotopic (exact) mass is 303 g/mol. The van der Waals surface area contributed by atoms with Crippen LogP contribution in [0.2, 0.25) is 0 Å². The van der Waals surface area contributed by atoms with Crippen LogP contribution < -0.4 is 4.74 Å². The molecule has 1 saturated heterocycles. The van der Waals surface area contributed by atoms with Crippen molar-refractivity contribution in [3.05, 3.63) is 29.8 Å². The fraction of sp³-hybridized carbons (Fsp3) is 0.611. The molecule has 22 heavy (non-hydrogen) atoms. The standard InChI is InChI=1S/C18H25NO3/c1-22-16-7-5-15(6-8-16)12-19-10-2-9-18(13-19,17(20)21)11-14-3-4-14/h5-8,14H,2-4,9-13H2,1H3,(H,20,21). The molecular formula is C18H25NO3. The first-order valence-electron chi connectivity index (χ1n) is 8.20. The highest BCUT2D eigenvalue weighted by molar-refractivity contribution is 5.75. The van der Waals surface area contributed by atoms with Gasteiger partial charge in [-0.25, -0.2) is 0 Å². The van der Waals surface area contributed by atoms with Crippen LogP contribution in [-0.4, -0.2) is 36.2 Å². The van der Waals surface area contributed by atoms with Crippen LogP contribution in [0.25, 0.3) is 0 Å². The lowest BCUT2D eigenvalue weighted by Crippen LogP contribution is -2.47. The summed E-state index contributed by atoms with van der Waals surface area (Å²) in [5.74, 6) is 0.909. The van der Waals surface area contributed by atoms with Crippen molar-refractivity contribution in [1.29, 1.82) is 0 Å². The summed E-state index contributed by atoms with van der Waals surface area (Å²) in [6.45, 7) is 2.50. The predicted molar refractivity (Wildman–Crippen MR) is 84.9 cm³/mol. The molecule has 0 bridgehead atoms. The smallest absolute Gasteiger partial charge is 0.310 e. The molecule has 1 aliphatic carbocycles. The normalized spacial score (nSPS) is 25.9. The Labute approximate surface area is 132 Å². The van der Waals surface area contributed by atoms with Gasteiger partial charge >= 0.3 is 5.97 Å². The van der Waals surface area contributed by atoms with Crippen LogP contribution in [-0.2, 0) is 11.3 Å². The second kappa shape index (κ2) is 6.29. The Morgan fingerprint density at radius 2 is 2.09 bits per heavy atom. The van der Waals surface area contributed by atoms with Gasteiger partial charge in [0.25, 0.3) is 0 Å². The number of nitrogens with zero attached hydrogens (tertiary/aromatic N) is 1. The molecule has 1 unspecified atom stereocenters. The minimum absolute atomic E-state index is 0.522. The third kappa shape index (κ3) is 3.43. The SMILES string of the molecule is COc1ccc(CN2CCCC(CC3CC3)(C(=O)O)C2)cc1. The number of benzene rings is 1. The molecule has 1 aromatic carbocycles. The Hall–Kier alpha value is -1.55. The van der Waals surface area contributed by atoms with E-state index in [4.69, 9.17) is 4.74 Å². The van der Waals surface area contributed by atoms with Crippen LogP contribution in [0.3, 0.4) is 0 Å². The summed E-state index contributed by atoms with van der Waals surface area (Å²) in [4.78, 5) is 14.2. The first kappa shape index (κ1) is 15.3. The zero-order chi connectivity index (χ0) is 15.6. The van der Waals surface area contributed by atoms with Gasteiger partial charge in [-0.2, -0.15) is 0 Å². The van der Waals surface area contributed by atoms with E-state index < -0.39 is 11.4 Å². The number of piperidine rings is 1. The van der Waals surface area contributed by atoms with Gasteiger partial charge < -0.3 is 9.84 Å². The van der Waals surface area contributed by atoms with Crippen molar-refractivity contribution in [2.24, 2.45) is 11.3 Å². The van der Waals surface area contributed by atoms with Crippen LogP contribution in [0.4, 0.5) is 0 Å². The first-order chi connectivity index (χ1) is 10.6. The third-order valence-corrected chi connectivity index (χ3v) is 5.05. The fourth-order valence-electron chi connectivity index (χ4n) is 3.65. The summed E-state index contributed by atoms with van der Waals surface area (Å²) in [6.07, 6.45) is 5.11. The Morgan fingerprint density at radius 1 is 1.36 bits per heavy atom. The van der Waals surface area contributed by atoms with Crippen LogP contribution in [0.1, 0.15) is 37.7 Å². The average Bonchev–Trinajstić information content (AvgIpc) is 3.32. The second-order valence-corrected chi connectivity index (χ2v) is 6.90. The van der Waals surface area contributed by atoms with Gasteiger partial charge in [-0.05, 0) is 49.4 Å². The number of methoxy groups -OCH3 is 1. The van der Waals surface area contributed by atoms with Gasteiger partial charge in [0.15, 0.2) is 0 Å². The molecular weight excluding hydrogens is 278 g/mol. The van der Waals surface area contributed by atoms with E-state index >= 15 is 0 Å². The van der Waals surface area contributed by atoms with Crippen molar-refractivity contribution in [3.8, 4) is 5.75 Å². The molecule has 3 rings (SSSR count). The third-order valence-electron chi connectivity index (χ3n) is 5.05. The van der Waals surface area contributed by atoms with E-state index in [0.29, 0.717) is 12.5 Å². The lowest BCUT2D eigenvalue weighted by Gasteiger charge is -2.40. The van der Waals surface area contributed by atoms with E-state index in [-0.39, 0.29) is 0 Å². The fourth-order valence-corrected chi connectivity index (χ4v) is 3.65. The van der Waals surface area contributed by atoms with Gasteiger partial charge in [0.2, 0.25) is 0 Å². The maximum Gasteiger partial charge on any atom is 0.310 e. The maximum atomic E-state index is 11.9. The van der Waals surface area contributed by atoms with E-state index in [0.717, 1.165) is 38.1 Å². The van der Waals surface area contributed by atoms with Crippen LogP contribution in [0, 0.1) is 11.3 Å². The number of rotatable bonds is 6. The zero-order valence-electron chi connectivity index (χ0n) is 13.3. The Bertz CT molecular complexity index is 524. The van der Waals surface area contributed by atoms with Gasteiger partial charge in [0.05, 0.1) is 12.5 Å². The number of carboxylic acid groups (broad SMARTS) is 1. The van der Waals surface area contributed by atoms with Crippen molar-refractivity contribution >= 4 is 5.97 Å². The Balaban J connectivity index is 1.66. The number of likely N-dealkylation sites (tertiary alicyclic amines) is 1. The number of hydrogen-bond acceptors (Lipinski definition) is 3. The highest BCUT2D eigenvalue weighted by Crippen LogP contribution is 2.45. The van der Waals surface area contributed by atoms with Crippen molar-refractivity contribution in [1.82, 2.24) is 4.90 Å². The molecule has 0 aromatic heterocycles. The minimum atomic E-state index is -0.598. The van der Waals surface area contributed by atoms with Gasteiger partial charge in [-0.1, -0.05) is 25.0 Å². The van der Waals surface area contributed by atoms with Gasteiger partial charge in [-0.3, -0.25) is 9.69 Å². The van der Waals surface area contributed by atoms with Gasteiger partial charge in [0.1, 0.15) is 5.75 Å². The van der Waals surface area contributed by atoms with E-state index in [1.54, 1.807) is 7.11 Å². The zero-order valence-corrected chi connectivity index (χ0v) is 13.3. The van der Waals surface area contributed by atoms with E-state index in [2.05, 4.69) is 17.0 Å². The van der Waals surface area contributed by atoms with Crippen molar-refractivity contribution < 1.29 is 14.6 Å². The first-order valence-corrected chi connectivity index (χ1v) is 8.20. The van der Waals surface area contributed by atoms with E-state index in [1.807, 2.05) is 12.1 Å². The number of hydrogen-bond donors (Lipinski definition) is 1. The molecule has 4 nitrogen and oxygen atoms in total. The summed E-state index contributed by atoms with van der Waals surface area (Å²) in [7, 11) is 1.67. The number of carbonyl (C=O) groups is 1. The molecule has 0 spiro atoms. The molecule has 120 valence electrons. The lowest BCUT2D eigenvalue weighted by atomic mass is 9.75. The minimum Gasteiger partial charge on any atom is -0.497 e. The molecule has 1 aliphatic heterocycles. The highest BCUT2D eigenvalue weighted by Gasteiger charge is 2.45. The van der Waals surface area contributed by atoms with Gasteiger partial charge in [0, 0.05) is 13.1 Å². The number of carboxylic acids is 1. The molecule has 0 radical (unpaired) electrons. The summed E-state index contributed by atoms with van der Waals surface area (Å²) in [5, 5.41) is 9.77. The van der Waals surface area contributed by atoms with Gasteiger partial charge in [-0.15, -0.1) is 0 Å². The van der Waals surface area contributed by atoms with Crippen molar-refractivity contribution in [2.75, 3.05) is 20.2 Å². The summed E-state index contributed by atoms with van der Waals surface area (Å²) in [6, 6.07) is 8.06. The molecule has 1 heterocycles. The van der Waals surface area contributed by atoms with Crippen molar-refractivity contribution in [2.45, 2.75) is 38.6 Å². The molecule has 0 amide bonds. The lowest BCUT2D eigenvalue weighted by molar-refractivity contribution is -0.153. The molecule has 2 fully saturated rings. The molecule has 1 atom stereocenters. The maximum absolute atomic E-state index is 11.9. The summed E-state index contributed by atoms with van der Waals surface area (Å²) < 4.78 is 5.18. The summed E-state index contributed by atoms with van der Waals surface area (Å²) in [5.41, 5.74) is 0.694. The Kier molecular flexibility index (Phi) is 4.39. The van der Waals surface area contributed by atoms with Crippen LogP contribution in [0.15, 0.2) is 24.3 Å². The number of aliphatic carboxylic acids is 1. The molecule has 4 heteroatoms. The second-order valence-electron chi connectivity index (χ2n) is 6.90. The van der Waals surface area contributed by atoms with Crippen molar-refractivity contribution in [3.63, 3.8) is 0 Å².